The van der Waals surface area contributed by atoms with Gasteiger partial charge in [-0.15, -0.1) is 0 Å². The first-order chi connectivity index (χ1) is 15.3. The molecular weight excluding hydrogens is 437 g/mol. The Labute approximate surface area is 184 Å². The highest BCUT2D eigenvalue weighted by Crippen LogP contribution is 2.40. The van der Waals surface area contributed by atoms with Gasteiger partial charge in [-0.3, -0.25) is 4.79 Å². The summed E-state index contributed by atoms with van der Waals surface area (Å²) < 4.78 is 34.0. The van der Waals surface area contributed by atoms with Crippen molar-refractivity contribution in [3.8, 4) is 28.4 Å². The number of hydrogen-bond donors (Lipinski definition) is 0. The lowest BCUT2D eigenvalue weighted by molar-refractivity contribution is -0.344. The molecular formula is C22H22NO8P-2. The van der Waals surface area contributed by atoms with E-state index in [1.54, 1.807) is 30.3 Å². The lowest BCUT2D eigenvalue weighted by atomic mass is 10.0. The van der Waals surface area contributed by atoms with Crippen molar-refractivity contribution < 1.29 is 33.1 Å². The first-order valence-corrected chi connectivity index (χ1v) is 11.6. The molecule has 2 aromatic carbocycles. The third-order valence-corrected chi connectivity index (χ3v) is 5.61. The quantitative estimate of drug-likeness (QED) is 0.470. The van der Waals surface area contributed by atoms with Gasteiger partial charge in [0, 0.05) is 23.7 Å². The van der Waals surface area contributed by atoms with E-state index in [1.807, 2.05) is 6.92 Å². The van der Waals surface area contributed by atoms with Gasteiger partial charge < -0.3 is 37.7 Å². The summed E-state index contributed by atoms with van der Waals surface area (Å²) in [5.41, 5.74) is 1.73. The number of aromatic nitrogens is 1. The maximum absolute atomic E-state index is 13.6. The predicted octanol–water partition coefficient (Wildman–Crippen LogP) is 2.20. The number of methoxy groups -OCH3 is 1. The molecule has 10 heteroatoms. The zero-order valence-corrected chi connectivity index (χ0v) is 18.6. The van der Waals surface area contributed by atoms with Crippen molar-refractivity contribution in [2.45, 2.75) is 26.5 Å². The fourth-order valence-electron chi connectivity index (χ4n) is 3.74. The van der Waals surface area contributed by atoms with Crippen molar-refractivity contribution in [2.24, 2.45) is 0 Å². The minimum atomic E-state index is -5.26. The summed E-state index contributed by atoms with van der Waals surface area (Å²) in [6.45, 7) is 2.15. The number of nitrogens with zero attached hydrogens (tertiary/aromatic N) is 1. The molecule has 0 saturated carbocycles. The van der Waals surface area contributed by atoms with Gasteiger partial charge in [-0.25, -0.2) is 0 Å². The number of rotatable bonds is 8. The van der Waals surface area contributed by atoms with E-state index >= 15 is 0 Å². The highest BCUT2D eigenvalue weighted by molar-refractivity contribution is 7.43. The van der Waals surface area contributed by atoms with E-state index in [1.165, 1.54) is 17.9 Å². The molecule has 3 aromatic rings. The van der Waals surface area contributed by atoms with Crippen LogP contribution in [-0.2, 0) is 22.2 Å². The molecule has 1 aromatic heterocycles. The molecule has 1 aliphatic rings. The summed E-state index contributed by atoms with van der Waals surface area (Å²) in [4.78, 5) is 36.0. The van der Waals surface area contributed by atoms with Gasteiger partial charge in [-0.1, -0.05) is 19.1 Å². The van der Waals surface area contributed by atoms with E-state index in [9.17, 15) is 19.1 Å². The molecule has 0 fully saturated rings. The summed E-state index contributed by atoms with van der Waals surface area (Å²) in [7, 11) is -3.72. The Balaban J connectivity index is 2.00. The molecule has 0 atom stereocenters. The maximum atomic E-state index is 13.6. The minimum absolute atomic E-state index is 0.259. The average Bonchev–Trinajstić information content (AvgIpc) is 3.24. The molecule has 0 radical (unpaired) electrons. The number of pyridine rings is 1. The second kappa shape index (κ2) is 8.96. The first kappa shape index (κ1) is 22.4. The number of fused-ring (bicyclic) bond motifs is 3. The van der Waals surface area contributed by atoms with Gasteiger partial charge in [0.25, 0.3) is 0 Å². The van der Waals surface area contributed by atoms with Gasteiger partial charge in [0.15, 0.2) is 0 Å². The normalized spacial score (nSPS) is 13.1. The lowest BCUT2D eigenvalue weighted by Crippen LogP contribution is -2.20. The van der Waals surface area contributed by atoms with E-state index in [4.69, 9.17) is 14.2 Å². The Morgan fingerprint density at radius 2 is 1.97 bits per heavy atom. The third kappa shape index (κ3) is 4.38. The second-order valence-electron chi connectivity index (χ2n) is 7.31. The zero-order valence-electron chi connectivity index (χ0n) is 17.7. The molecule has 0 saturated heterocycles. The molecule has 0 spiro atoms. The van der Waals surface area contributed by atoms with E-state index in [-0.39, 0.29) is 10.8 Å². The Hall–Kier alpha value is -2.84. The van der Waals surface area contributed by atoms with Crippen molar-refractivity contribution >= 4 is 18.7 Å². The average molecular weight is 459 g/mol. The molecule has 170 valence electrons. The third-order valence-electron chi connectivity index (χ3n) is 5.17. The molecule has 0 unspecified atom stereocenters. The van der Waals surface area contributed by atoms with Crippen LogP contribution in [0.3, 0.4) is 0 Å². The number of ether oxygens (including phenoxy) is 3. The van der Waals surface area contributed by atoms with Crippen molar-refractivity contribution in [2.75, 3.05) is 20.3 Å². The van der Waals surface area contributed by atoms with Crippen LogP contribution >= 0.6 is 7.82 Å². The van der Waals surface area contributed by atoms with Crippen molar-refractivity contribution in [3.05, 3.63) is 52.3 Å². The van der Waals surface area contributed by atoms with E-state index in [0.29, 0.717) is 53.5 Å². The lowest BCUT2D eigenvalue weighted by Gasteiger charge is -2.29. The van der Waals surface area contributed by atoms with E-state index in [0.717, 1.165) is 12.0 Å². The predicted molar refractivity (Wildman–Crippen MR) is 114 cm³/mol. The van der Waals surface area contributed by atoms with Crippen molar-refractivity contribution in [1.82, 2.24) is 4.57 Å². The van der Waals surface area contributed by atoms with Crippen molar-refractivity contribution in [3.63, 3.8) is 0 Å². The Kier molecular flexibility index (Phi) is 6.26. The number of phosphoric acid groups is 1. The van der Waals surface area contributed by atoms with Crippen LogP contribution in [0.15, 0.2) is 41.3 Å². The largest absolute Gasteiger partial charge is 0.790 e. The van der Waals surface area contributed by atoms with Crippen LogP contribution in [-0.4, -0.2) is 24.9 Å². The van der Waals surface area contributed by atoms with Crippen LogP contribution in [0.4, 0.5) is 0 Å². The minimum Gasteiger partial charge on any atom is -0.790 e. The van der Waals surface area contributed by atoms with Gasteiger partial charge in [0.05, 0.1) is 33.5 Å². The highest BCUT2D eigenvalue weighted by atomic mass is 31.2. The highest BCUT2D eigenvalue weighted by Gasteiger charge is 2.25. The molecule has 0 N–H and O–H groups in total. The van der Waals surface area contributed by atoms with E-state index in [2.05, 4.69) is 4.52 Å². The van der Waals surface area contributed by atoms with Crippen LogP contribution in [0.2, 0.25) is 0 Å². The summed E-state index contributed by atoms with van der Waals surface area (Å²) in [6.07, 6.45) is 2.81. The number of hydrogen-bond acceptors (Lipinski definition) is 8. The molecule has 32 heavy (non-hydrogen) atoms. The smallest absolute Gasteiger partial charge is 0.201 e. The molecule has 2 heterocycles. The molecule has 0 bridgehead atoms. The Morgan fingerprint density at radius 1 is 1.22 bits per heavy atom. The zero-order chi connectivity index (χ0) is 22.9. The van der Waals surface area contributed by atoms with Gasteiger partial charge >= 0.3 is 0 Å². The van der Waals surface area contributed by atoms with Crippen LogP contribution in [0, 0.1) is 0 Å². The molecule has 4 rings (SSSR count). The summed E-state index contributed by atoms with van der Waals surface area (Å²) in [5.74, 6) is 1.46. The molecule has 0 amide bonds. The number of phosphoric ester groups is 1. The maximum Gasteiger partial charge on any atom is 0.201 e. The SMILES string of the molecule is CCCOc1cc2c(c3c(=O)c(-c4ccc(OC)cc4)cn(COP(=O)([O-])[O-])c13)OCC2. The Morgan fingerprint density at radius 3 is 2.62 bits per heavy atom. The van der Waals surface area contributed by atoms with Crippen LogP contribution in [0.25, 0.3) is 22.0 Å². The van der Waals surface area contributed by atoms with Gasteiger partial charge in [0.2, 0.25) is 5.43 Å². The van der Waals surface area contributed by atoms with Crippen LogP contribution in [0.5, 0.6) is 17.2 Å². The fourth-order valence-corrected chi connectivity index (χ4v) is 4.01. The van der Waals surface area contributed by atoms with E-state index < -0.39 is 14.6 Å². The first-order valence-electron chi connectivity index (χ1n) is 10.1. The second-order valence-corrected chi connectivity index (χ2v) is 8.46. The molecule has 9 nitrogen and oxygen atoms in total. The van der Waals surface area contributed by atoms with Gasteiger partial charge in [0.1, 0.15) is 29.5 Å². The Bertz CT molecular complexity index is 1250. The standard InChI is InChI=1S/C22H24NO8P/c1-3-9-29-18-11-15-8-10-30-22(15)19-20(18)23(13-31-32(25,26)27)12-17(21(19)24)14-4-6-16(28-2)7-5-14/h4-7,11-12H,3,8-10,13H2,1-2H3,(H2,25,26,27)/p-2. The van der Waals surface area contributed by atoms with Gasteiger partial charge in [-0.2, -0.15) is 0 Å². The van der Waals surface area contributed by atoms with Gasteiger partial charge in [-0.05, 0) is 30.2 Å². The summed E-state index contributed by atoms with van der Waals surface area (Å²) >= 11 is 0. The monoisotopic (exact) mass is 459 g/mol. The van der Waals surface area contributed by atoms with Crippen LogP contribution in [0.1, 0.15) is 18.9 Å². The number of benzene rings is 2. The summed E-state index contributed by atoms with van der Waals surface area (Å²) in [5, 5.41) is 0.259. The fraction of sp³-hybridized carbons (Fsp3) is 0.318. The summed E-state index contributed by atoms with van der Waals surface area (Å²) in [6, 6.07) is 8.65. The molecule has 0 aliphatic carbocycles. The topological polar surface area (TPSA) is 122 Å². The van der Waals surface area contributed by atoms with Crippen molar-refractivity contribution in [1.29, 1.82) is 0 Å². The van der Waals surface area contributed by atoms with Crippen LogP contribution < -0.4 is 29.4 Å². The molecule has 1 aliphatic heterocycles.